The molecule has 0 saturated carbocycles. The number of aromatic nitrogens is 1. The van der Waals surface area contributed by atoms with Gasteiger partial charge in [0.25, 0.3) is 0 Å². The first kappa shape index (κ1) is 128. The minimum absolute atomic E-state index is 0.000230. The molecule has 46 heteroatoms. The highest BCUT2D eigenvalue weighted by Crippen LogP contribution is 2.33. The summed E-state index contributed by atoms with van der Waals surface area (Å²) in [6.07, 6.45) is -4.22. The van der Waals surface area contributed by atoms with Crippen LogP contribution in [0.4, 0.5) is 0 Å². The fourth-order valence-electron chi connectivity index (χ4n) is 9.20. The molecule has 41 nitrogen and oxygen atoms in total. The monoisotopic (exact) mass is 2010 g/mol. The lowest BCUT2D eigenvalue weighted by molar-refractivity contribution is -0.147. The van der Waals surface area contributed by atoms with Crippen LogP contribution in [0.3, 0.4) is 0 Å². The molecule has 4 aromatic carbocycles. The van der Waals surface area contributed by atoms with Crippen LogP contribution in [0.5, 0.6) is 0 Å². The third-order valence-corrected chi connectivity index (χ3v) is 19.3. The van der Waals surface area contributed by atoms with Gasteiger partial charge < -0.3 is 133 Å². The van der Waals surface area contributed by atoms with Gasteiger partial charge in [0.1, 0.15) is 18.3 Å². The molecule has 0 aliphatic carbocycles. The molecule has 0 bridgehead atoms. The average molecular weight is 2020 g/mol. The lowest BCUT2D eigenvalue weighted by Gasteiger charge is -2.33. The molecule has 0 saturated heterocycles. The maximum Gasteiger partial charge on any atom is 0.332 e. The van der Waals surface area contributed by atoms with E-state index in [1.807, 2.05) is 77.4 Å². The number of aliphatic hydroxyl groups excluding tert-OH is 10. The summed E-state index contributed by atoms with van der Waals surface area (Å²) in [4.78, 5) is 135. The number of nitrogens with zero attached hydrogens (tertiary/aromatic N) is 4. The maximum atomic E-state index is 11.3. The van der Waals surface area contributed by atoms with Crippen LogP contribution in [-0.4, -0.2) is 310 Å². The zero-order valence-electron chi connectivity index (χ0n) is 72.9. The van der Waals surface area contributed by atoms with Crippen molar-refractivity contribution in [1.29, 1.82) is 0 Å². The number of likely N-dealkylation sites (N-methyl/N-ethyl adjacent to an activating group) is 1. The fourth-order valence-corrected chi connectivity index (χ4v) is 11.5. The molecule has 0 fully saturated rings. The summed E-state index contributed by atoms with van der Waals surface area (Å²) < 4.78 is 0.932. The topological polar surface area (TPSA) is 717 Å². The number of amides is 1. The molecule has 0 spiro atoms. The Morgan fingerprint density at radius 1 is 0.541 bits per heavy atom. The fraction of sp³-hybridized carbons (Fsp3) is 0.414. The van der Waals surface area contributed by atoms with Gasteiger partial charge in [-0.1, -0.05) is 132 Å². The summed E-state index contributed by atoms with van der Waals surface area (Å²) in [6, 6.07) is 41.2. The number of hydrogen-bond donors (Lipinski definition) is 25. The average Bonchev–Trinajstić information content (AvgIpc) is 1.73. The minimum Gasteiger partial charge on any atom is -0.481 e. The molecular formula is C87H117BrCl2N8O33S2. The van der Waals surface area contributed by atoms with Gasteiger partial charge in [0.05, 0.1) is 45.5 Å². The minimum atomic E-state index is -1.35. The lowest BCUT2D eigenvalue weighted by atomic mass is 9.87. The number of halogens is 3. The molecule has 0 radical (unpaired) electrons. The Bertz CT molecular complexity index is 4410. The van der Waals surface area contributed by atoms with Crippen LogP contribution < -0.4 is 21.7 Å². The van der Waals surface area contributed by atoms with Gasteiger partial charge in [-0.3, -0.25) is 48.8 Å². The van der Waals surface area contributed by atoms with E-state index >= 15 is 0 Å². The van der Waals surface area contributed by atoms with E-state index in [0.29, 0.717) is 30.5 Å². The quantitative estimate of drug-likeness (QED) is 0.0180. The van der Waals surface area contributed by atoms with Crippen molar-refractivity contribution in [3.63, 3.8) is 0 Å². The van der Waals surface area contributed by atoms with Crippen LogP contribution >= 0.6 is 61.8 Å². The van der Waals surface area contributed by atoms with Crippen molar-refractivity contribution in [2.24, 2.45) is 11.1 Å². The summed E-state index contributed by atoms with van der Waals surface area (Å²) in [5.41, 5.74) is 10.1. The lowest BCUT2D eigenvalue weighted by Crippen LogP contribution is -2.45. The number of carbonyl (C=O) groups is 12. The molecule has 736 valence electrons. The molecule has 1 aliphatic rings. The van der Waals surface area contributed by atoms with E-state index in [1.54, 1.807) is 92.8 Å². The van der Waals surface area contributed by atoms with E-state index in [1.165, 1.54) is 28.9 Å². The summed E-state index contributed by atoms with van der Waals surface area (Å²) in [5, 5.41) is 191. The van der Waals surface area contributed by atoms with Crippen LogP contribution in [0, 0.1) is 18.6 Å². The van der Waals surface area contributed by atoms with Crippen LogP contribution in [0.2, 0.25) is 10.0 Å². The van der Waals surface area contributed by atoms with E-state index in [0.717, 1.165) is 49.7 Å². The molecule has 133 heavy (non-hydrogen) atoms. The van der Waals surface area contributed by atoms with Crippen LogP contribution in [-0.2, 0) is 103 Å². The summed E-state index contributed by atoms with van der Waals surface area (Å²) in [7, 11) is 1.59. The third kappa shape index (κ3) is 70.9. The second-order valence-corrected chi connectivity index (χ2v) is 31.7. The largest absolute Gasteiger partial charge is 0.481 e. The number of carboxylic acid groups (broad SMARTS) is 11. The first-order valence-corrected chi connectivity index (χ1v) is 42.9. The van der Waals surface area contributed by atoms with E-state index in [2.05, 4.69) is 82.0 Å². The molecule has 1 amide bonds. The van der Waals surface area contributed by atoms with Gasteiger partial charge in [-0.25, -0.2) is 37.1 Å². The zero-order valence-corrected chi connectivity index (χ0v) is 77.6. The molecule has 6 unspecified atom stereocenters. The number of aryl methyl sites for hydroxylation is 1. The number of nitrogens with one attached hydrogen (secondary N) is 3. The molecular weight excluding hydrogens is 1900 g/mol. The highest BCUT2D eigenvalue weighted by molar-refractivity contribution is 9.10. The summed E-state index contributed by atoms with van der Waals surface area (Å²) in [6.45, 7) is 19.6. The van der Waals surface area contributed by atoms with Gasteiger partial charge >= 0.3 is 65.7 Å². The second kappa shape index (κ2) is 77.0. The number of thiophene rings is 2. The summed E-state index contributed by atoms with van der Waals surface area (Å²) in [5.74, 6) is -12.4. The van der Waals surface area contributed by atoms with Gasteiger partial charge in [-0.05, 0) is 138 Å². The van der Waals surface area contributed by atoms with Crippen LogP contribution in [0.25, 0.3) is 9.69 Å². The number of fused-ring (bicyclic) bond motifs is 1. The van der Waals surface area contributed by atoms with Gasteiger partial charge in [-0.15, -0.1) is 22.7 Å². The number of carboxylic acids is 11. The van der Waals surface area contributed by atoms with Crippen molar-refractivity contribution in [3.8, 4) is 0 Å². The van der Waals surface area contributed by atoms with Gasteiger partial charge in [0.2, 0.25) is 19.0 Å². The van der Waals surface area contributed by atoms with E-state index < -0.39 is 126 Å². The van der Waals surface area contributed by atoms with Crippen molar-refractivity contribution in [2.45, 2.75) is 153 Å². The Morgan fingerprint density at radius 3 is 1.38 bits per heavy atom. The summed E-state index contributed by atoms with van der Waals surface area (Å²) >= 11 is 18.5. The van der Waals surface area contributed by atoms with Crippen LogP contribution in [0.15, 0.2) is 161 Å². The smallest absolute Gasteiger partial charge is 0.332 e. The Kier molecular flexibility index (Phi) is 74.0. The highest BCUT2D eigenvalue weighted by atomic mass is 79.9. The van der Waals surface area contributed by atoms with Crippen molar-refractivity contribution >= 4 is 133 Å². The van der Waals surface area contributed by atoms with E-state index in [4.69, 9.17) is 144 Å². The number of hydrogen-bond acceptors (Lipinski definition) is 29. The number of aliphatic carboxylic acids is 11. The second-order valence-electron chi connectivity index (χ2n) is 27.9. The first-order chi connectivity index (χ1) is 62.5. The Morgan fingerprint density at radius 2 is 0.992 bits per heavy atom. The van der Waals surface area contributed by atoms with Gasteiger partial charge in [0.15, 0.2) is 30.5 Å². The number of pyridine rings is 1. The zero-order chi connectivity index (χ0) is 102. The van der Waals surface area contributed by atoms with Crippen molar-refractivity contribution in [3.05, 3.63) is 237 Å². The maximum absolute atomic E-state index is 11.3. The van der Waals surface area contributed by atoms with Crippen molar-refractivity contribution in [2.75, 3.05) is 72.6 Å². The van der Waals surface area contributed by atoms with Crippen LogP contribution in [0.1, 0.15) is 102 Å². The highest BCUT2D eigenvalue weighted by Gasteiger charge is 2.33. The molecule has 26 N–H and O–H groups in total. The van der Waals surface area contributed by atoms with Gasteiger partial charge in [-0.2, -0.15) is 0 Å². The first-order valence-electron chi connectivity index (χ1n) is 39.6. The number of benzene rings is 4. The molecule has 7 aromatic rings. The number of aliphatic hydroxyl groups is 10. The van der Waals surface area contributed by atoms with Gasteiger partial charge in [0, 0.05) is 107 Å². The van der Waals surface area contributed by atoms with E-state index in [9.17, 15) is 62.6 Å². The Balaban J connectivity index is -0.000000690. The Hall–Kier alpha value is -11.4. The van der Waals surface area contributed by atoms with Crippen molar-refractivity contribution < 1.29 is 165 Å². The standard InChI is InChI=1S/C15H16ClNS.C10H12O3.C9H9BrO3.C9H9ClO3.C9H19NO4.C8H9NO3.C7H8O3S.2C5H7NO3.C4H7NO4.2C3H7NO2/c1-11(13-4-2-3-5-14(13)16)17-8-6-15-12(10-17)7-9-18-15;11-9(10(12)13)7-6-8-4-2-1-3-5-8;2*10-7-3-1-6(2-4-7)5-8(11)9(12)13;1-9(2,6-12)7(13)8(14)10-4-3-5-11;10-7(8(11)12)5-6-1-3-9-4-2-6;8-6(7(9)10)4-5-2-1-3-11-5;2*1-6-3-4(7)2-5(8)9;6-3(7)1-5-2-4(8)9;1-4-2-3(5)6;4-2-1-3(5)6/h2-5,7,9,11H,6,8,10H2,1H3;1-5,9,11H,6-7H2,(H,12,13);2*1-4,8,11H,5H2,(H,12,13);7,11-13H,3-6H2,1-2H3,(H,10,14);1-4,7,10H,5H2,(H,11,12);1-3,6,8H,4H2,(H,9,10);2*4,7H,2-3H2,(H,8,9);5H,1-2H2,(H,6,7)(H,8,9);4H,2H2,1H3,(H,5,6);1-2,4H2,(H,5,6)/t11-;;;;;;;2*4-;;;/m1......10.../s1. The van der Waals surface area contributed by atoms with E-state index in [-0.39, 0.29) is 104 Å². The third-order valence-electron chi connectivity index (χ3n) is 16.2. The van der Waals surface area contributed by atoms with Crippen molar-refractivity contribution in [1.82, 2.24) is 25.8 Å². The molecule has 3 aromatic heterocycles. The Labute approximate surface area is 793 Å². The predicted octanol–water partition coefficient (Wildman–Crippen LogP) is 4.96. The predicted molar refractivity (Wildman–Crippen MR) is 492 cm³/mol. The number of rotatable bonds is 38. The SMILES string of the molecule is CC(C)(CO)C(O)C(=O)NCCCO.CNCC(=O)O.C[C@H](c1ccccc1Cl)N1CCc2sccc2C1.NCCC(=O)O.O=C(O)C(O)CCc1ccccc1.O=C(O)C(O)Cc1ccc(Br)cc1.O=C(O)C(O)Cc1ccc(Cl)cc1.O=C(O)C(O)Cc1cccs1.O=C(O)C(O)Cc1ccncc1.O=C(O)CNCC(=O)O.[C-]#[N+]C[C@@H](O)CC(=O)O.[C-]#[N+]C[C@H](O)CC(=O)O. The molecule has 9 atom stereocenters. The normalized spacial score (nSPS) is 12.6. The number of nitrogens with two attached hydrogens (primary N) is 1. The molecule has 4 heterocycles. The molecule has 1 aliphatic heterocycles. The molecule has 8 rings (SSSR count). The number of carbonyl (C=O) groups excluding carboxylic acids is 1.